The molecule has 0 fully saturated rings. The molecular formula is C23H14ClN5OS. The SMILES string of the molecule is O=C(Nc1ccccc1-c1nc2ccncc2s1)c1cc(Cl)nc(-c2ccccc2)n1. The van der Waals surface area contributed by atoms with E-state index < -0.39 is 0 Å². The van der Waals surface area contributed by atoms with E-state index in [1.54, 1.807) is 12.4 Å². The summed E-state index contributed by atoms with van der Waals surface area (Å²) in [6, 6.07) is 20.2. The zero-order valence-corrected chi connectivity index (χ0v) is 17.6. The molecule has 5 aromatic rings. The zero-order valence-electron chi connectivity index (χ0n) is 16.0. The third kappa shape index (κ3) is 4.01. The number of benzene rings is 2. The fourth-order valence-electron chi connectivity index (χ4n) is 3.11. The Morgan fingerprint density at radius 2 is 1.74 bits per heavy atom. The van der Waals surface area contributed by atoms with Gasteiger partial charge in [-0.2, -0.15) is 0 Å². The summed E-state index contributed by atoms with van der Waals surface area (Å²) in [5, 5.41) is 3.93. The summed E-state index contributed by atoms with van der Waals surface area (Å²) < 4.78 is 0.980. The number of pyridine rings is 1. The lowest BCUT2D eigenvalue weighted by Crippen LogP contribution is -2.15. The molecule has 0 unspecified atom stereocenters. The molecule has 0 aliphatic carbocycles. The number of carbonyl (C=O) groups excluding carboxylic acids is 1. The number of rotatable bonds is 4. The van der Waals surface area contributed by atoms with E-state index in [1.807, 2.05) is 60.7 Å². The van der Waals surface area contributed by atoms with Gasteiger partial charge in [0.1, 0.15) is 15.9 Å². The van der Waals surface area contributed by atoms with Crippen LogP contribution in [0, 0.1) is 0 Å². The Hall–Kier alpha value is -3.68. The Labute approximate surface area is 186 Å². The molecule has 31 heavy (non-hydrogen) atoms. The normalized spacial score (nSPS) is 10.9. The number of nitrogens with one attached hydrogen (secondary N) is 1. The molecule has 1 amide bonds. The summed E-state index contributed by atoms with van der Waals surface area (Å²) in [6.07, 6.45) is 3.49. The second kappa shape index (κ2) is 8.22. The Morgan fingerprint density at radius 3 is 2.58 bits per heavy atom. The van der Waals surface area contributed by atoms with Crippen molar-refractivity contribution in [2.75, 3.05) is 5.32 Å². The number of aromatic nitrogens is 4. The molecule has 8 heteroatoms. The molecule has 0 aliphatic heterocycles. The molecule has 3 heterocycles. The number of halogens is 1. The average molecular weight is 444 g/mol. The van der Waals surface area contributed by atoms with Crippen LogP contribution in [-0.2, 0) is 0 Å². The number of hydrogen-bond donors (Lipinski definition) is 1. The number of fused-ring (bicyclic) bond motifs is 1. The van der Waals surface area contributed by atoms with Crippen LogP contribution < -0.4 is 5.32 Å². The van der Waals surface area contributed by atoms with Crippen molar-refractivity contribution in [3.05, 3.63) is 90.0 Å². The maximum Gasteiger partial charge on any atom is 0.274 e. The van der Waals surface area contributed by atoms with Gasteiger partial charge in [-0.25, -0.2) is 15.0 Å². The van der Waals surface area contributed by atoms with Gasteiger partial charge in [-0.3, -0.25) is 9.78 Å². The van der Waals surface area contributed by atoms with Crippen molar-refractivity contribution in [2.45, 2.75) is 0 Å². The molecule has 1 N–H and O–H groups in total. The van der Waals surface area contributed by atoms with Gasteiger partial charge in [0, 0.05) is 29.6 Å². The van der Waals surface area contributed by atoms with Gasteiger partial charge < -0.3 is 5.32 Å². The van der Waals surface area contributed by atoms with Gasteiger partial charge >= 0.3 is 0 Å². The third-order valence-electron chi connectivity index (χ3n) is 4.56. The van der Waals surface area contributed by atoms with Crippen LogP contribution in [0.3, 0.4) is 0 Å². The summed E-state index contributed by atoms with van der Waals surface area (Å²) in [6.45, 7) is 0. The molecule has 3 aromatic heterocycles. The van der Waals surface area contributed by atoms with E-state index in [-0.39, 0.29) is 16.8 Å². The number of hydrogen-bond acceptors (Lipinski definition) is 6. The van der Waals surface area contributed by atoms with Crippen LogP contribution in [0.2, 0.25) is 5.15 Å². The molecule has 0 bridgehead atoms. The Balaban J connectivity index is 1.49. The summed E-state index contributed by atoms with van der Waals surface area (Å²) in [7, 11) is 0. The molecule has 5 rings (SSSR count). The van der Waals surface area contributed by atoms with Gasteiger partial charge in [-0.1, -0.05) is 54.1 Å². The van der Waals surface area contributed by atoms with Crippen LogP contribution in [0.5, 0.6) is 0 Å². The van der Waals surface area contributed by atoms with Crippen LogP contribution in [0.4, 0.5) is 5.69 Å². The Bertz CT molecular complexity index is 1370. The largest absolute Gasteiger partial charge is 0.320 e. The summed E-state index contributed by atoms with van der Waals surface area (Å²) in [4.78, 5) is 30.5. The van der Waals surface area contributed by atoms with Crippen molar-refractivity contribution < 1.29 is 4.79 Å². The summed E-state index contributed by atoms with van der Waals surface area (Å²) in [5.41, 5.74) is 3.28. The van der Waals surface area contributed by atoms with Crippen molar-refractivity contribution in [3.8, 4) is 22.0 Å². The lowest BCUT2D eigenvalue weighted by Gasteiger charge is -2.10. The topological polar surface area (TPSA) is 80.7 Å². The average Bonchev–Trinajstić information content (AvgIpc) is 3.24. The zero-order chi connectivity index (χ0) is 21.2. The van der Waals surface area contributed by atoms with Crippen molar-refractivity contribution >= 4 is 44.7 Å². The molecule has 0 atom stereocenters. The van der Waals surface area contributed by atoms with Crippen molar-refractivity contribution in [1.29, 1.82) is 0 Å². The highest BCUT2D eigenvalue weighted by atomic mass is 35.5. The van der Waals surface area contributed by atoms with E-state index in [2.05, 4.69) is 25.3 Å². The monoisotopic (exact) mass is 443 g/mol. The summed E-state index contributed by atoms with van der Waals surface area (Å²) in [5.74, 6) is 0.0157. The van der Waals surface area contributed by atoms with Gasteiger partial charge in [0.15, 0.2) is 5.82 Å². The number of carbonyl (C=O) groups is 1. The van der Waals surface area contributed by atoms with E-state index in [4.69, 9.17) is 11.6 Å². The Kier molecular flexibility index (Phi) is 5.11. The Morgan fingerprint density at radius 1 is 0.935 bits per heavy atom. The fourth-order valence-corrected chi connectivity index (χ4v) is 4.27. The molecule has 6 nitrogen and oxygen atoms in total. The van der Waals surface area contributed by atoms with Crippen LogP contribution in [-0.4, -0.2) is 25.8 Å². The molecule has 0 spiro atoms. The second-order valence-corrected chi connectivity index (χ2v) is 8.05. The van der Waals surface area contributed by atoms with Gasteiger partial charge in [-0.15, -0.1) is 11.3 Å². The number of anilines is 1. The minimum atomic E-state index is -0.378. The van der Waals surface area contributed by atoms with Crippen molar-refractivity contribution in [3.63, 3.8) is 0 Å². The predicted molar refractivity (Wildman–Crippen MR) is 123 cm³/mol. The molecule has 2 aromatic carbocycles. The molecular weight excluding hydrogens is 430 g/mol. The highest BCUT2D eigenvalue weighted by molar-refractivity contribution is 7.21. The highest BCUT2D eigenvalue weighted by Gasteiger charge is 2.16. The molecule has 0 saturated heterocycles. The molecule has 0 aliphatic rings. The quantitative estimate of drug-likeness (QED) is 0.359. The van der Waals surface area contributed by atoms with Crippen LogP contribution >= 0.6 is 22.9 Å². The number of para-hydroxylation sites is 1. The first-order chi connectivity index (χ1) is 15.2. The highest BCUT2D eigenvalue weighted by Crippen LogP contribution is 2.34. The van der Waals surface area contributed by atoms with E-state index in [0.29, 0.717) is 11.5 Å². The predicted octanol–water partition coefficient (Wildman–Crippen LogP) is 5.72. The van der Waals surface area contributed by atoms with Gasteiger partial charge in [-0.05, 0) is 18.2 Å². The van der Waals surface area contributed by atoms with E-state index >= 15 is 0 Å². The van der Waals surface area contributed by atoms with Crippen LogP contribution in [0.15, 0.2) is 79.1 Å². The van der Waals surface area contributed by atoms with Gasteiger partial charge in [0.2, 0.25) is 0 Å². The van der Waals surface area contributed by atoms with Gasteiger partial charge in [0.25, 0.3) is 5.91 Å². The minimum absolute atomic E-state index is 0.183. The first kappa shape index (κ1) is 19.3. The smallest absolute Gasteiger partial charge is 0.274 e. The third-order valence-corrected chi connectivity index (χ3v) is 5.79. The van der Waals surface area contributed by atoms with E-state index in [1.165, 1.54) is 17.4 Å². The number of thiazole rings is 1. The first-order valence-electron chi connectivity index (χ1n) is 9.39. The number of amides is 1. The first-order valence-corrected chi connectivity index (χ1v) is 10.6. The maximum absolute atomic E-state index is 13.0. The van der Waals surface area contributed by atoms with E-state index in [0.717, 1.165) is 26.4 Å². The van der Waals surface area contributed by atoms with Crippen LogP contribution in [0.25, 0.3) is 32.2 Å². The fraction of sp³-hybridized carbons (Fsp3) is 0. The van der Waals surface area contributed by atoms with Crippen molar-refractivity contribution in [1.82, 2.24) is 19.9 Å². The molecule has 0 saturated carbocycles. The summed E-state index contributed by atoms with van der Waals surface area (Å²) >= 11 is 7.69. The lowest BCUT2D eigenvalue weighted by molar-refractivity contribution is 0.102. The maximum atomic E-state index is 13.0. The standard InChI is InChI=1S/C23H14ClN5OS/c24-20-12-18(26-21(29-20)14-6-2-1-3-7-14)22(30)27-16-9-5-4-8-15(16)23-28-17-10-11-25-13-19(17)31-23/h1-13H,(H,27,30). The van der Waals surface area contributed by atoms with Crippen LogP contribution in [0.1, 0.15) is 10.5 Å². The van der Waals surface area contributed by atoms with E-state index in [9.17, 15) is 4.79 Å². The molecule has 0 radical (unpaired) electrons. The minimum Gasteiger partial charge on any atom is -0.320 e. The van der Waals surface area contributed by atoms with Crippen molar-refractivity contribution in [2.24, 2.45) is 0 Å². The molecule has 150 valence electrons. The lowest BCUT2D eigenvalue weighted by atomic mass is 10.1. The second-order valence-electron chi connectivity index (χ2n) is 6.63. The number of nitrogens with zero attached hydrogens (tertiary/aromatic N) is 4. The van der Waals surface area contributed by atoms with Gasteiger partial charge in [0.05, 0.1) is 15.9 Å².